The van der Waals surface area contributed by atoms with Crippen molar-refractivity contribution < 1.29 is 112 Å². The number of pyridine rings is 4. The maximum absolute atomic E-state index is 12.7. The van der Waals surface area contributed by atoms with Gasteiger partial charge in [-0.25, -0.2) is 0 Å². The van der Waals surface area contributed by atoms with Crippen LogP contribution in [0.25, 0.3) is 0 Å². The average Bonchev–Trinajstić information content (AvgIpc) is 1.59. The van der Waals surface area contributed by atoms with Gasteiger partial charge < -0.3 is 61.7 Å². The molecule has 2 fully saturated rings. The Morgan fingerprint density at radius 2 is 0.362 bits per heavy atom. The number of aromatic nitrogens is 4. The Hall–Kier alpha value is -10.8. The van der Waals surface area contributed by atoms with E-state index in [1.165, 1.54) is 101 Å². The van der Waals surface area contributed by atoms with Crippen molar-refractivity contribution in [1.29, 1.82) is 0 Å². The first-order valence-corrected chi connectivity index (χ1v) is 43.7. The van der Waals surface area contributed by atoms with Gasteiger partial charge in [-0.15, -0.1) is 65.0 Å². The first-order valence-electron chi connectivity index (χ1n) is 43.7. The van der Waals surface area contributed by atoms with E-state index in [2.05, 4.69) is 19.9 Å². The Kier molecular flexibility index (Phi) is 39.5. The predicted octanol–water partition coefficient (Wildman–Crippen LogP) is 16.0. The Morgan fingerprint density at radius 1 is 0.231 bits per heavy atom. The molecular weight excluding hydrogens is 1740 g/mol. The minimum Gasteiger partial charge on any atom is -0.873 e. The zero-order chi connectivity index (χ0) is 97.3. The monoisotopic (exact) mass is 1880 g/mol. The van der Waals surface area contributed by atoms with Crippen molar-refractivity contribution in [1.82, 2.24) is 19.9 Å². The standard InChI is InChI=1S/4C17H24N2O4.2C6H12.4C5H5N.2Co/c4*1-15(2,3)11-8-10(9-12(20)13(11)21)14-18(22)16(4,5)17(6,7)19(14)23;6*1-2-4-6-5-3-1;;/h4*8-9H,1-7H3,(H-,20,21);2*1-6H2;4*1-5H;;/q;;;;;;;;;;2*+2/p-4. The van der Waals surface area contributed by atoms with Gasteiger partial charge in [-0.3, -0.25) is 19.9 Å². The molecule has 130 heavy (non-hydrogen) atoms. The van der Waals surface area contributed by atoms with Gasteiger partial charge in [0.25, 0.3) is 22.2 Å². The van der Waals surface area contributed by atoms with Crippen LogP contribution in [-0.4, -0.2) is 126 Å². The van der Waals surface area contributed by atoms with E-state index in [9.17, 15) is 81.3 Å². The van der Waals surface area contributed by atoms with Crippen LogP contribution in [0.3, 0.4) is 0 Å². The van der Waals surface area contributed by atoms with Crippen molar-refractivity contribution in [2.45, 2.75) is 337 Å². The number of hydrogen-bond donors (Lipinski definition) is 0. The smallest absolute Gasteiger partial charge is 0.873 e. The zero-order valence-corrected chi connectivity index (χ0v) is 83.3. The second kappa shape index (κ2) is 45.3. The quantitative estimate of drug-likeness (QED) is 0.117. The Morgan fingerprint density at radius 3 is 0.446 bits per heavy atom. The van der Waals surface area contributed by atoms with Gasteiger partial charge in [-0.2, -0.15) is 0 Å². The van der Waals surface area contributed by atoms with Crippen LogP contribution >= 0.6 is 0 Å². The molecule has 4 aliphatic heterocycles. The number of benzene rings is 4. The van der Waals surface area contributed by atoms with E-state index < -0.39 is 112 Å². The molecule has 0 atom stereocenters. The maximum Gasteiger partial charge on any atom is 2.00 e. The Labute approximate surface area is 789 Å². The molecule has 8 heterocycles. The van der Waals surface area contributed by atoms with Crippen LogP contribution in [0.1, 0.15) is 315 Å². The molecule has 6 aliphatic rings. The summed E-state index contributed by atoms with van der Waals surface area (Å²) in [6.45, 7) is 48.6. The SMILES string of the molecule is C1CCCCC1.C1CCCCC1.CC(C)(C)c1cc(C2=[N+]([O-])C(C)(C)C(C)(C)[N+]2=O)cc([O-])c1[O-].CC(C)(C)c1cc(C2=[N+]([O-])C(C)(C)C(C)(C)[N+]2=O)cc([O-])c1[O-].CC(C)(C)c1cc(C2=[N+]([O-])C(C)(C)C(C)(C)[N+]2=O)cc([O-])c1[O-].CC(C)(C)c1cc(C2=[N+]([O-])C(C)(C)C(C)(C)[N+]2=O)cc([O-])c1[O-].[Co+2].[Co+2].c1ccncc1.c1ccncc1.c1ccncc1.c1ccncc1. The molecule has 0 N–H and O–H groups in total. The fourth-order valence-electron chi connectivity index (χ4n) is 13.9. The molecular formula is C100H136Co2N12O16. The molecule has 14 rings (SSSR count). The number of nitroso groups, excluding NO2 is 4. The number of rotatable bonds is 4. The third-order valence-corrected chi connectivity index (χ3v) is 25.3. The van der Waals surface area contributed by atoms with Gasteiger partial charge in [-0.05, 0) is 119 Å². The van der Waals surface area contributed by atoms with Crippen molar-refractivity contribution in [3.05, 3.63) is 256 Å². The van der Waals surface area contributed by atoms with E-state index in [1.807, 2.05) is 156 Å². The third-order valence-electron chi connectivity index (χ3n) is 25.3. The van der Waals surface area contributed by atoms with Crippen LogP contribution in [0.5, 0.6) is 46.0 Å². The fourth-order valence-corrected chi connectivity index (χ4v) is 13.9. The molecule has 4 aromatic heterocycles. The summed E-state index contributed by atoms with van der Waals surface area (Å²) in [5, 5.41) is 147. The Balaban J connectivity index is 0.000000392. The molecule has 2 radical (unpaired) electrons. The molecule has 710 valence electrons. The molecule has 0 amide bonds. The van der Waals surface area contributed by atoms with E-state index >= 15 is 0 Å². The van der Waals surface area contributed by atoms with Crippen LogP contribution in [-0.2, 0) is 55.2 Å². The molecule has 0 unspecified atom stereocenters. The second-order valence-electron chi connectivity index (χ2n) is 40.9. The van der Waals surface area contributed by atoms with Crippen LogP contribution in [0.4, 0.5) is 0 Å². The summed E-state index contributed by atoms with van der Waals surface area (Å²) in [4.78, 5) is 65.8. The largest absolute Gasteiger partial charge is 2.00 e. The van der Waals surface area contributed by atoms with Gasteiger partial charge in [-0.1, -0.05) is 207 Å². The van der Waals surface area contributed by atoms with Crippen molar-refractivity contribution in [3.8, 4) is 46.0 Å². The minimum atomic E-state index is -0.967. The van der Waals surface area contributed by atoms with E-state index in [1.54, 1.807) is 160 Å². The predicted molar refractivity (Wildman–Crippen MR) is 487 cm³/mol. The molecule has 8 aromatic rings. The second-order valence-corrected chi connectivity index (χ2v) is 40.9. The molecule has 4 aromatic carbocycles. The topological polar surface area (TPSA) is 421 Å². The van der Waals surface area contributed by atoms with Crippen molar-refractivity contribution in [2.75, 3.05) is 0 Å². The van der Waals surface area contributed by atoms with Crippen LogP contribution in [0, 0.1) is 40.5 Å². The van der Waals surface area contributed by atoms with Gasteiger partial charge in [0.2, 0.25) is 22.2 Å². The van der Waals surface area contributed by atoms with E-state index in [0.29, 0.717) is 60.2 Å². The van der Waals surface area contributed by atoms with Crippen LogP contribution < -0.4 is 40.9 Å². The summed E-state index contributed by atoms with van der Waals surface area (Å²) in [6, 6.07) is 33.2. The Bertz CT molecular complexity index is 4500. The summed E-state index contributed by atoms with van der Waals surface area (Å²) in [5.74, 6) is -5.67. The van der Waals surface area contributed by atoms with Crippen molar-refractivity contribution in [3.63, 3.8) is 0 Å². The average molecular weight is 1880 g/mol. The fraction of sp³-hybridized carbons (Fsp3) is 0.520. The van der Waals surface area contributed by atoms with Crippen LogP contribution in [0.2, 0.25) is 0 Å². The van der Waals surface area contributed by atoms with Crippen molar-refractivity contribution >= 4 is 23.3 Å². The van der Waals surface area contributed by atoms with E-state index in [-0.39, 0.29) is 79.2 Å². The first-order chi connectivity index (χ1) is 58.9. The van der Waals surface area contributed by atoms with Gasteiger partial charge in [0.15, 0.2) is 0 Å². The van der Waals surface area contributed by atoms with E-state index in [4.69, 9.17) is 0 Å². The number of hydroxylamine groups is 4. The molecule has 0 saturated heterocycles. The number of hydrogen-bond acceptors (Lipinski definition) is 20. The summed E-state index contributed by atoms with van der Waals surface area (Å²) in [5.41, 5.74) is -7.97. The summed E-state index contributed by atoms with van der Waals surface area (Å²) in [6.07, 6.45) is 32.0. The molecule has 2 aliphatic carbocycles. The minimum absolute atomic E-state index is 0. The molecule has 0 bridgehead atoms. The molecule has 2 saturated carbocycles. The van der Waals surface area contributed by atoms with Gasteiger partial charge >= 0.3 is 56.9 Å². The third kappa shape index (κ3) is 26.3. The normalized spacial score (nSPS) is 18.0. The first kappa shape index (κ1) is 113. The maximum atomic E-state index is 12.7. The van der Waals surface area contributed by atoms with E-state index in [0.717, 1.165) is 24.3 Å². The number of nitrogens with zero attached hydrogens (tertiary/aromatic N) is 12. The van der Waals surface area contributed by atoms with Gasteiger partial charge in [0, 0.05) is 180 Å². The number of amidine groups is 4. The van der Waals surface area contributed by atoms with Gasteiger partial charge in [0.1, 0.15) is 41.3 Å². The molecule has 28 nitrogen and oxygen atoms in total. The molecule has 0 spiro atoms. The molecule has 30 heteroatoms. The van der Waals surface area contributed by atoms with Crippen LogP contribution in [0.15, 0.2) is 171 Å². The zero-order valence-electron chi connectivity index (χ0n) is 81.2. The van der Waals surface area contributed by atoms with Gasteiger partial charge in [0.05, 0.1) is 0 Å². The summed E-state index contributed by atoms with van der Waals surface area (Å²) < 4.78 is 5.16. The van der Waals surface area contributed by atoms with Crippen molar-refractivity contribution in [2.24, 2.45) is 0 Å². The summed E-state index contributed by atoms with van der Waals surface area (Å²) >= 11 is 0. The summed E-state index contributed by atoms with van der Waals surface area (Å²) in [7, 11) is 0.